The Balaban J connectivity index is 1.39. The zero-order valence-electron chi connectivity index (χ0n) is 17.2. The highest BCUT2D eigenvalue weighted by Gasteiger charge is 2.54. The normalized spacial score (nSPS) is 21.8. The van der Waals surface area contributed by atoms with Crippen LogP contribution in [0.4, 0.5) is 0 Å². The molecule has 0 aromatic heterocycles. The van der Waals surface area contributed by atoms with Gasteiger partial charge in [0.25, 0.3) is 5.91 Å². The lowest BCUT2D eigenvalue weighted by atomic mass is 9.86. The van der Waals surface area contributed by atoms with Crippen LogP contribution in [0.25, 0.3) is 0 Å². The highest BCUT2D eigenvalue weighted by atomic mass is 16.5. The minimum absolute atomic E-state index is 0.0363. The second-order valence-corrected chi connectivity index (χ2v) is 8.15. The van der Waals surface area contributed by atoms with Gasteiger partial charge in [0.05, 0.1) is 12.1 Å². The fraction of sp³-hybridized carbons (Fsp3) is 0.231. The first-order chi connectivity index (χ1) is 15.2. The maximum absolute atomic E-state index is 13.4. The van der Waals surface area contributed by atoms with Crippen LogP contribution in [0.15, 0.2) is 84.9 Å². The van der Waals surface area contributed by atoms with Gasteiger partial charge in [0.15, 0.2) is 0 Å². The van der Waals surface area contributed by atoms with E-state index in [2.05, 4.69) is 17.4 Å². The number of fused-ring (bicyclic) bond motifs is 2. The van der Waals surface area contributed by atoms with E-state index in [4.69, 9.17) is 4.74 Å². The Morgan fingerprint density at radius 2 is 1.61 bits per heavy atom. The molecule has 156 valence electrons. The van der Waals surface area contributed by atoms with E-state index < -0.39 is 11.6 Å². The van der Waals surface area contributed by atoms with Crippen LogP contribution in [0.3, 0.4) is 0 Å². The molecule has 2 atom stereocenters. The largest absolute Gasteiger partial charge is 0.365 e. The molecular weight excluding hydrogens is 388 g/mol. The number of rotatable bonds is 4. The molecule has 1 fully saturated rings. The minimum atomic E-state index is -0.627. The summed E-state index contributed by atoms with van der Waals surface area (Å²) in [5, 5.41) is 2.98. The van der Waals surface area contributed by atoms with E-state index in [-0.39, 0.29) is 11.8 Å². The summed E-state index contributed by atoms with van der Waals surface area (Å²) >= 11 is 0. The summed E-state index contributed by atoms with van der Waals surface area (Å²) in [7, 11) is 0. The second-order valence-electron chi connectivity index (χ2n) is 8.15. The zero-order chi connectivity index (χ0) is 21.3. The van der Waals surface area contributed by atoms with E-state index in [0.29, 0.717) is 31.7 Å². The Morgan fingerprint density at radius 1 is 0.935 bits per heavy atom. The Kier molecular flexibility index (Phi) is 5.04. The van der Waals surface area contributed by atoms with Crippen LogP contribution in [0.5, 0.6) is 0 Å². The lowest BCUT2D eigenvalue weighted by Crippen LogP contribution is -2.46. The lowest BCUT2D eigenvalue weighted by Gasteiger charge is -2.34. The first kappa shape index (κ1) is 19.5. The molecular formula is C26H24N2O3. The standard InChI is InChI=1S/C26H24N2O3/c29-24(27-16-19-9-3-1-4-10-19)23-15-26(18-31-23)22-14-8-7-13-21(22)17-28(26)25(30)20-11-5-2-6-12-20/h1-14,23H,15-18H2,(H,27,29)/t23-,26-/m1/s1. The molecule has 0 unspecified atom stereocenters. The van der Waals surface area contributed by atoms with Gasteiger partial charge in [-0.05, 0) is 28.8 Å². The van der Waals surface area contributed by atoms with Crippen molar-refractivity contribution in [2.24, 2.45) is 0 Å². The molecule has 2 aliphatic rings. The van der Waals surface area contributed by atoms with Gasteiger partial charge in [0.2, 0.25) is 5.91 Å². The van der Waals surface area contributed by atoms with Crippen LogP contribution in [0.1, 0.15) is 33.5 Å². The van der Waals surface area contributed by atoms with Crippen molar-refractivity contribution < 1.29 is 14.3 Å². The predicted octanol–water partition coefficient (Wildman–Crippen LogP) is 3.64. The average Bonchev–Trinajstić information content (AvgIpc) is 3.41. The Hall–Kier alpha value is -3.44. The monoisotopic (exact) mass is 412 g/mol. The van der Waals surface area contributed by atoms with E-state index in [0.717, 1.165) is 16.7 Å². The number of benzene rings is 3. The van der Waals surface area contributed by atoms with Gasteiger partial charge in [0.1, 0.15) is 6.10 Å². The molecule has 0 saturated carbocycles. The lowest BCUT2D eigenvalue weighted by molar-refractivity contribution is -0.130. The quantitative estimate of drug-likeness (QED) is 0.712. The molecule has 0 aliphatic carbocycles. The van der Waals surface area contributed by atoms with E-state index in [9.17, 15) is 9.59 Å². The summed E-state index contributed by atoms with van der Waals surface area (Å²) in [5.74, 6) is -0.178. The van der Waals surface area contributed by atoms with Crippen LogP contribution < -0.4 is 5.32 Å². The van der Waals surface area contributed by atoms with E-state index in [1.54, 1.807) is 0 Å². The van der Waals surface area contributed by atoms with Crippen molar-refractivity contribution in [2.45, 2.75) is 31.2 Å². The summed E-state index contributed by atoms with van der Waals surface area (Å²) < 4.78 is 6.01. The third kappa shape index (κ3) is 3.51. The average molecular weight is 412 g/mol. The molecule has 1 spiro atoms. The van der Waals surface area contributed by atoms with Crippen molar-refractivity contribution in [2.75, 3.05) is 6.61 Å². The van der Waals surface area contributed by atoms with Crippen LogP contribution in [-0.4, -0.2) is 29.4 Å². The Morgan fingerprint density at radius 3 is 2.39 bits per heavy atom. The minimum Gasteiger partial charge on any atom is -0.365 e. The number of carbonyl (C=O) groups is 2. The summed E-state index contributed by atoms with van der Waals surface area (Å²) in [6.45, 7) is 1.29. The fourth-order valence-corrected chi connectivity index (χ4v) is 4.69. The first-order valence-electron chi connectivity index (χ1n) is 10.6. The molecule has 0 radical (unpaired) electrons. The Bertz CT molecular complexity index is 1100. The molecule has 5 nitrogen and oxygen atoms in total. The summed E-state index contributed by atoms with van der Waals surface area (Å²) in [4.78, 5) is 28.2. The molecule has 5 heteroatoms. The topological polar surface area (TPSA) is 58.6 Å². The van der Waals surface area contributed by atoms with Crippen molar-refractivity contribution in [3.8, 4) is 0 Å². The van der Waals surface area contributed by atoms with Crippen molar-refractivity contribution >= 4 is 11.8 Å². The summed E-state index contributed by atoms with van der Waals surface area (Å²) in [6.07, 6.45) is -0.149. The molecule has 0 bridgehead atoms. The van der Waals surface area contributed by atoms with Gasteiger partial charge in [-0.1, -0.05) is 72.8 Å². The number of hydrogen-bond donors (Lipinski definition) is 1. The van der Waals surface area contributed by atoms with Gasteiger partial charge in [-0.2, -0.15) is 0 Å². The van der Waals surface area contributed by atoms with Crippen LogP contribution in [0, 0.1) is 0 Å². The number of nitrogens with one attached hydrogen (secondary N) is 1. The Labute approximate surface area is 181 Å². The third-order valence-electron chi connectivity index (χ3n) is 6.28. The molecule has 3 aromatic carbocycles. The van der Waals surface area contributed by atoms with Crippen LogP contribution >= 0.6 is 0 Å². The number of ether oxygens (including phenoxy) is 1. The molecule has 2 amide bonds. The highest BCUT2D eigenvalue weighted by Crippen LogP contribution is 2.47. The number of carbonyl (C=O) groups excluding carboxylic acids is 2. The van der Waals surface area contributed by atoms with E-state index in [1.165, 1.54) is 0 Å². The van der Waals surface area contributed by atoms with Gasteiger partial charge in [-0.15, -0.1) is 0 Å². The van der Waals surface area contributed by atoms with E-state index in [1.807, 2.05) is 77.7 Å². The van der Waals surface area contributed by atoms with Crippen LogP contribution in [-0.2, 0) is 28.2 Å². The van der Waals surface area contributed by atoms with Gasteiger partial charge >= 0.3 is 0 Å². The smallest absolute Gasteiger partial charge is 0.254 e. The van der Waals surface area contributed by atoms with Crippen LogP contribution in [0.2, 0.25) is 0 Å². The number of nitrogens with zero attached hydrogens (tertiary/aromatic N) is 1. The van der Waals surface area contributed by atoms with Crippen molar-refractivity contribution in [3.05, 3.63) is 107 Å². The van der Waals surface area contributed by atoms with E-state index >= 15 is 0 Å². The molecule has 1 N–H and O–H groups in total. The maximum Gasteiger partial charge on any atom is 0.254 e. The molecule has 31 heavy (non-hydrogen) atoms. The summed E-state index contributed by atoms with van der Waals surface area (Å²) in [5.41, 5.74) is 3.25. The van der Waals surface area contributed by atoms with Gasteiger partial charge < -0.3 is 15.0 Å². The summed E-state index contributed by atoms with van der Waals surface area (Å²) in [6, 6.07) is 27.2. The fourth-order valence-electron chi connectivity index (χ4n) is 4.69. The van der Waals surface area contributed by atoms with Gasteiger partial charge in [-0.3, -0.25) is 9.59 Å². The molecule has 2 heterocycles. The van der Waals surface area contributed by atoms with Gasteiger partial charge in [-0.25, -0.2) is 0 Å². The maximum atomic E-state index is 13.4. The van der Waals surface area contributed by atoms with Crippen molar-refractivity contribution in [3.63, 3.8) is 0 Å². The second kappa shape index (κ2) is 8.00. The number of amides is 2. The molecule has 3 aromatic rings. The van der Waals surface area contributed by atoms with Gasteiger partial charge in [0, 0.05) is 25.1 Å². The molecule has 5 rings (SSSR count). The van der Waals surface area contributed by atoms with Crippen molar-refractivity contribution in [1.29, 1.82) is 0 Å². The molecule has 2 aliphatic heterocycles. The highest BCUT2D eigenvalue weighted by molar-refractivity contribution is 5.95. The first-order valence-corrected chi connectivity index (χ1v) is 10.6. The zero-order valence-corrected chi connectivity index (χ0v) is 17.2. The SMILES string of the molecule is O=C(NCc1ccccc1)[C@H]1C[C@@]2(CO1)c1ccccc1CN2C(=O)c1ccccc1. The molecule has 1 saturated heterocycles. The van der Waals surface area contributed by atoms with Crippen molar-refractivity contribution in [1.82, 2.24) is 10.2 Å². The predicted molar refractivity (Wildman–Crippen MR) is 117 cm³/mol. The number of hydrogen-bond acceptors (Lipinski definition) is 3. The third-order valence-corrected chi connectivity index (χ3v) is 6.28.